The Hall–Kier alpha value is -1.31. The van der Waals surface area contributed by atoms with Crippen LogP contribution in [0.25, 0.3) is 0 Å². The molecule has 0 fully saturated rings. The number of hydrogen-bond acceptors (Lipinski definition) is 4. The summed E-state index contributed by atoms with van der Waals surface area (Å²) in [5, 5.41) is 13.3. The molecule has 1 heterocycles. The number of thioether (sulfide) groups is 1. The van der Waals surface area contributed by atoms with Crippen molar-refractivity contribution in [2.75, 3.05) is 6.26 Å². The molecule has 2 unspecified atom stereocenters. The smallest absolute Gasteiger partial charge is 0.163 e. The van der Waals surface area contributed by atoms with Crippen LogP contribution in [0.1, 0.15) is 17.9 Å². The maximum Gasteiger partial charge on any atom is 0.163 e. The Morgan fingerprint density at radius 2 is 2.00 bits per heavy atom. The number of Topliss-reactive ketones (excluding diaryl/α,β-unsaturated/α-hetero) is 1. The van der Waals surface area contributed by atoms with Gasteiger partial charge in [0.25, 0.3) is 0 Å². The molecule has 3 rings (SSSR count). The quantitative estimate of drug-likeness (QED) is 0.617. The molecule has 0 amide bonds. The van der Waals surface area contributed by atoms with Crippen molar-refractivity contribution in [3.63, 3.8) is 0 Å². The molecule has 2 radical (unpaired) electrons. The van der Waals surface area contributed by atoms with Crippen LogP contribution in [-0.2, 0) is 21.9 Å². The third-order valence-electron chi connectivity index (χ3n) is 3.64. The Morgan fingerprint density at radius 1 is 1.24 bits per heavy atom. The topological polar surface area (TPSA) is 40.9 Å². The van der Waals surface area contributed by atoms with Gasteiger partial charge in [-0.25, -0.2) is 0 Å². The summed E-state index contributed by atoms with van der Waals surface area (Å²) < 4.78 is 0. The first-order valence-electron chi connectivity index (χ1n) is 7.62. The number of ketones is 1. The number of thiophene rings is 1. The van der Waals surface area contributed by atoms with Crippen LogP contribution in [0, 0.1) is 24.2 Å². The molecule has 0 saturated heterocycles. The zero-order chi connectivity index (χ0) is 17.2. The van der Waals surface area contributed by atoms with E-state index in [9.17, 15) is 10.1 Å². The van der Waals surface area contributed by atoms with Crippen LogP contribution in [0.4, 0.5) is 0 Å². The molecule has 2 nitrogen and oxygen atoms in total. The van der Waals surface area contributed by atoms with Crippen LogP contribution >= 0.6 is 23.1 Å². The molecule has 5 heteroatoms. The number of rotatable bonds is 6. The molecule has 0 saturated carbocycles. The van der Waals surface area contributed by atoms with Crippen molar-refractivity contribution >= 4 is 28.9 Å². The van der Waals surface area contributed by atoms with E-state index in [0.29, 0.717) is 6.42 Å². The zero-order valence-electron chi connectivity index (χ0n) is 13.8. The fraction of sp³-hybridized carbons (Fsp3) is 0.200. The predicted molar refractivity (Wildman–Crippen MR) is 104 cm³/mol. The van der Waals surface area contributed by atoms with E-state index in [0.717, 1.165) is 11.1 Å². The van der Waals surface area contributed by atoms with Gasteiger partial charge in [-0.3, -0.25) is 4.79 Å². The zero-order valence-corrected chi connectivity index (χ0v) is 16.6. The molecular formula is C20H19FeNOS2. The molecule has 0 spiro atoms. The van der Waals surface area contributed by atoms with Gasteiger partial charge in [0, 0.05) is 47.2 Å². The first-order chi connectivity index (χ1) is 11.8. The SMILES string of the molecule is CSC(CC(=O)C1=C[CH]C=C1)C(C#N)c1ccsc1.[CH]1C=CC=C1.[Fe]. The van der Waals surface area contributed by atoms with E-state index in [1.165, 1.54) is 0 Å². The summed E-state index contributed by atoms with van der Waals surface area (Å²) in [5.74, 6) is -0.111. The van der Waals surface area contributed by atoms with E-state index < -0.39 is 0 Å². The third-order valence-corrected chi connectivity index (χ3v) is 5.39. The number of carbonyl (C=O) groups is 1. The second-order valence-electron chi connectivity index (χ2n) is 5.20. The minimum absolute atomic E-state index is 0. The second kappa shape index (κ2) is 12.1. The first kappa shape index (κ1) is 21.7. The Kier molecular flexibility index (Phi) is 10.5. The van der Waals surface area contributed by atoms with Gasteiger partial charge in [0.2, 0.25) is 0 Å². The van der Waals surface area contributed by atoms with E-state index in [4.69, 9.17) is 0 Å². The third kappa shape index (κ3) is 6.84. The number of hydrogen-bond donors (Lipinski definition) is 0. The maximum absolute atomic E-state index is 12.1. The molecule has 1 aromatic heterocycles. The summed E-state index contributed by atoms with van der Waals surface area (Å²) in [7, 11) is 0. The fourth-order valence-electron chi connectivity index (χ4n) is 2.34. The van der Waals surface area contributed by atoms with E-state index in [2.05, 4.69) is 6.07 Å². The van der Waals surface area contributed by atoms with Gasteiger partial charge in [-0.05, 0) is 28.6 Å². The largest absolute Gasteiger partial charge is 0.294 e. The average Bonchev–Trinajstić information content (AvgIpc) is 3.39. The van der Waals surface area contributed by atoms with Crippen molar-refractivity contribution in [3.8, 4) is 6.07 Å². The molecule has 130 valence electrons. The van der Waals surface area contributed by atoms with Gasteiger partial charge in [-0.15, -0.1) is 0 Å². The van der Waals surface area contributed by atoms with Crippen molar-refractivity contribution in [2.45, 2.75) is 17.6 Å². The standard InChI is InChI=1S/C15H14NOS2.C5H5.Fe/c1-18-15(8-14(17)11-4-2-3-5-11)13(9-16)12-6-7-19-10-12;1-2-4-5-3-1;/h2-7,10,13,15H,8H2,1H3;1-5H;. The number of allylic oxidation sites excluding steroid dienone is 8. The van der Waals surface area contributed by atoms with Crippen LogP contribution in [-0.4, -0.2) is 17.3 Å². The van der Waals surface area contributed by atoms with Gasteiger partial charge >= 0.3 is 0 Å². The van der Waals surface area contributed by atoms with E-state index >= 15 is 0 Å². The molecule has 0 N–H and O–H groups in total. The molecule has 25 heavy (non-hydrogen) atoms. The van der Waals surface area contributed by atoms with Crippen molar-refractivity contribution in [2.24, 2.45) is 0 Å². The van der Waals surface area contributed by atoms with E-state index in [1.807, 2.05) is 78.5 Å². The molecule has 2 aliphatic rings. The first-order valence-corrected chi connectivity index (χ1v) is 9.85. The van der Waals surface area contributed by atoms with Gasteiger partial charge in [0.15, 0.2) is 5.78 Å². The van der Waals surface area contributed by atoms with Gasteiger partial charge in [-0.2, -0.15) is 28.4 Å². The molecule has 0 aromatic carbocycles. The molecule has 2 atom stereocenters. The molecule has 0 bridgehead atoms. The van der Waals surface area contributed by atoms with Crippen molar-refractivity contribution < 1.29 is 21.9 Å². The monoisotopic (exact) mass is 409 g/mol. The molecule has 1 aromatic rings. The van der Waals surface area contributed by atoms with Crippen LogP contribution in [0.5, 0.6) is 0 Å². The van der Waals surface area contributed by atoms with E-state index in [1.54, 1.807) is 23.1 Å². The summed E-state index contributed by atoms with van der Waals surface area (Å²) in [5.41, 5.74) is 1.75. The van der Waals surface area contributed by atoms with Gasteiger partial charge in [0.1, 0.15) is 0 Å². The second-order valence-corrected chi connectivity index (χ2v) is 7.06. The summed E-state index contributed by atoms with van der Waals surface area (Å²) in [6.07, 6.45) is 19.7. The normalized spacial score (nSPS) is 16.2. The number of carbonyl (C=O) groups excluding carboxylic acids is 1. The minimum atomic E-state index is -0.222. The molecule has 0 aliphatic heterocycles. The van der Waals surface area contributed by atoms with Crippen molar-refractivity contribution in [1.82, 2.24) is 0 Å². The van der Waals surface area contributed by atoms with Crippen LogP contribution in [0.15, 0.2) is 64.9 Å². The van der Waals surface area contributed by atoms with Crippen LogP contribution in [0.2, 0.25) is 0 Å². The van der Waals surface area contributed by atoms with Crippen molar-refractivity contribution in [3.05, 3.63) is 83.3 Å². The summed E-state index contributed by atoms with van der Waals surface area (Å²) >= 11 is 3.17. The van der Waals surface area contributed by atoms with E-state index in [-0.39, 0.29) is 34.0 Å². The predicted octanol–water partition coefficient (Wildman–Crippen LogP) is 5.06. The van der Waals surface area contributed by atoms with Gasteiger partial charge in [0.05, 0.1) is 12.0 Å². The van der Waals surface area contributed by atoms with Crippen LogP contribution < -0.4 is 0 Å². The number of nitriles is 1. The Morgan fingerprint density at radius 3 is 2.44 bits per heavy atom. The Bertz CT molecular complexity index is 686. The molecular weight excluding hydrogens is 390 g/mol. The van der Waals surface area contributed by atoms with Gasteiger partial charge in [-0.1, -0.05) is 42.5 Å². The number of nitrogens with zero attached hydrogens (tertiary/aromatic N) is 1. The van der Waals surface area contributed by atoms with Gasteiger partial charge < -0.3 is 0 Å². The molecule has 2 aliphatic carbocycles. The maximum atomic E-state index is 12.1. The summed E-state index contributed by atoms with van der Waals surface area (Å²) in [6, 6.07) is 4.31. The summed E-state index contributed by atoms with van der Waals surface area (Å²) in [6.45, 7) is 0. The van der Waals surface area contributed by atoms with Crippen LogP contribution in [0.3, 0.4) is 0 Å². The Labute approximate surface area is 168 Å². The fourth-order valence-corrected chi connectivity index (χ4v) is 3.85. The van der Waals surface area contributed by atoms with Crippen molar-refractivity contribution in [1.29, 1.82) is 5.26 Å². The average molecular weight is 409 g/mol. The summed E-state index contributed by atoms with van der Waals surface area (Å²) in [4.78, 5) is 12.1. The minimum Gasteiger partial charge on any atom is -0.294 e. The Balaban J connectivity index is 0.000000448.